The van der Waals surface area contributed by atoms with E-state index in [0.717, 1.165) is 32.3 Å². The van der Waals surface area contributed by atoms with Crippen molar-refractivity contribution in [2.45, 2.75) is 24.8 Å². The number of hydrogen-bond acceptors (Lipinski definition) is 2. The van der Waals surface area contributed by atoms with Gasteiger partial charge in [0.1, 0.15) is 0 Å². The molecule has 2 atom stereocenters. The van der Waals surface area contributed by atoms with Gasteiger partial charge in [0.05, 0.1) is 11.5 Å². The summed E-state index contributed by atoms with van der Waals surface area (Å²) < 4.78 is 1.01. The van der Waals surface area contributed by atoms with Gasteiger partial charge in [-0.25, -0.2) is 0 Å². The third kappa shape index (κ3) is 3.87. The topological polar surface area (TPSA) is 20.3 Å². The molecule has 2 unspecified atom stereocenters. The van der Waals surface area contributed by atoms with Crippen molar-refractivity contribution in [3.8, 4) is 0 Å². The van der Waals surface area contributed by atoms with Crippen molar-refractivity contribution >= 4 is 49.3 Å². The predicted molar refractivity (Wildman–Crippen MR) is 179 cm³/mol. The Morgan fingerprint density at radius 2 is 1.38 bits per heavy atom. The molecule has 1 aliphatic heterocycles. The van der Waals surface area contributed by atoms with Crippen LogP contribution in [-0.2, 0) is 5.41 Å². The quantitative estimate of drug-likeness (QED) is 0.189. The predicted octanol–water partition coefficient (Wildman–Crippen LogP) is 9.75. The molecule has 2 aliphatic rings. The molecule has 1 heterocycles. The van der Waals surface area contributed by atoms with E-state index in [9.17, 15) is 4.79 Å². The zero-order chi connectivity index (χ0) is 29.1. The molecule has 206 valence electrons. The number of halogens is 1. The summed E-state index contributed by atoms with van der Waals surface area (Å²) in [5.74, 6) is -0.329. The summed E-state index contributed by atoms with van der Waals surface area (Å²) in [4.78, 5) is 17.4. The van der Waals surface area contributed by atoms with Crippen LogP contribution in [0.2, 0.25) is 0 Å². The van der Waals surface area contributed by atoms with Crippen molar-refractivity contribution in [1.82, 2.24) is 0 Å². The van der Waals surface area contributed by atoms with Gasteiger partial charge in [0.25, 0.3) is 0 Å². The summed E-state index contributed by atoms with van der Waals surface area (Å²) in [6.45, 7) is 4.64. The lowest BCUT2D eigenvalue weighted by atomic mass is 9.57. The van der Waals surface area contributed by atoms with Gasteiger partial charge in [0, 0.05) is 33.6 Å². The SMILES string of the molecule is CN1c2c(ccc3ccccc23)C(C)(C)C12C=C(c1ccccc1)C=C(c1ccc(Br)cc1)C2C(=O)c1ccccc1. The van der Waals surface area contributed by atoms with Gasteiger partial charge in [-0.15, -0.1) is 0 Å². The van der Waals surface area contributed by atoms with Crippen LogP contribution in [0.25, 0.3) is 21.9 Å². The fourth-order valence-electron chi connectivity index (χ4n) is 7.42. The number of carbonyl (C=O) groups is 1. The molecule has 0 saturated heterocycles. The fourth-order valence-corrected chi connectivity index (χ4v) is 7.69. The van der Waals surface area contributed by atoms with Crippen molar-refractivity contribution in [2.75, 3.05) is 11.9 Å². The number of hydrogen-bond donors (Lipinski definition) is 0. The zero-order valence-corrected chi connectivity index (χ0v) is 25.6. The van der Waals surface area contributed by atoms with E-state index >= 15 is 0 Å². The number of ketones is 1. The Kier molecular flexibility index (Phi) is 6.32. The van der Waals surface area contributed by atoms with Crippen molar-refractivity contribution in [1.29, 1.82) is 0 Å². The molecule has 0 saturated carbocycles. The third-order valence-electron chi connectivity index (χ3n) is 9.51. The van der Waals surface area contributed by atoms with Gasteiger partial charge in [-0.2, -0.15) is 0 Å². The first-order valence-electron chi connectivity index (χ1n) is 14.4. The number of nitrogens with zero attached hydrogens (tertiary/aromatic N) is 1. The smallest absolute Gasteiger partial charge is 0.173 e. The number of benzene rings is 5. The molecule has 2 nitrogen and oxygen atoms in total. The Labute approximate surface area is 256 Å². The van der Waals surface area contributed by atoms with Crippen LogP contribution in [0.1, 0.15) is 40.9 Å². The Balaban J connectivity index is 1.57. The second kappa shape index (κ2) is 9.96. The van der Waals surface area contributed by atoms with E-state index in [4.69, 9.17) is 0 Å². The minimum atomic E-state index is -0.686. The maximum atomic E-state index is 15.0. The average molecular weight is 611 g/mol. The zero-order valence-electron chi connectivity index (χ0n) is 24.0. The Hall–Kier alpha value is -4.21. The van der Waals surface area contributed by atoms with Crippen molar-refractivity contribution < 1.29 is 4.79 Å². The van der Waals surface area contributed by atoms with E-state index in [1.54, 1.807) is 0 Å². The molecular formula is C39H32BrNO. The van der Waals surface area contributed by atoms with Gasteiger partial charge < -0.3 is 4.90 Å². The number of allylic oxidation sites excluding steroid dienone is 2. The summed E-state index contributed by atoms with van der Waals surface area (Å²) in [6.07, 6.45) is 4.64. The molecule has 0 N–H and O–H groups in total. The Morgan fingerprint density at radius 1 is 0.738 bits per heavy atom. The number of likely N-dealkylation sites (N-methyl/N-ethyl adjacent to an activating group) is 1. The highest BCUT2D eigenvalue weighted by Gasteiger charge is 2.62. The highest BCUT2D eigenvalue weighted by Crippen LogP contribution is 2.61. The monoisotopic (exact) mass is 609 g/mol. The fraction of sp³-hybridized carbons (Fsp3) is 0.154. The van der Waals surface area contributed by atoms with Crippen LogP contribution in [0, 0.1) is 5.92 Å². The molecule has 0 radical (unpaired) electrons. The van der Waals surface area contributed by atoms with Crippen LogP contribution in [0.3, 0.4) is 0 Å². The summed E-state index contributed by atoms with van der Waals surface area (Å²) in [7, 11) is 2.19. The lowest BCUT2D eigenvalue weighted by Crippen LogP contribution is -2.61. The van der Waals surface area contributed by atoms with Crippen molar-refractivity contribution in [2.24, 2.45) is 5.92 Å². The first kappa shape index (κ1) is 26.7. The number of Topliss-reactive ketones (excluding diaryl/α,β-unsaturated/α-hetero) is 1. The largest absolute Gasteiger partial charge is 0.363 e. The number of fused-ring (bicyclic) bond motifs is 3. The molecule has 1 spiro atoms. The van der Waals surface area contributed by atoms with E-state index < -0.39 is 16.9 Å². The van der Waals surface area contributed by atoms with Crippen LogP contribution < -0.4 is 4.90 Å². The molecular weight excluding hydrogens is 578 g/mol. The van der Waals surface area contributed by atoms with Crippen LogP contribution >= 0.6 is 15.9 Å². The standard InChI is InChI=1S/C39H32BrNO/c1-38(2)34-23-20-27-14-10-11-17-32(27)36(34)41(3)39(38)25-30(26-12-6-4-7-13-26)24-33(28-18-21-31(40)22-19-28)35(39)37(42)29-15-8-5-9-16-29/h4-25,35H,1-3H3. The van der Waals surface area contributed by atoms with E-state index in [0.29, 0.717) is 0 Å². The maximum absolute atomic E-state index is 15.0. The number of anilines is 1. The summed E-state index contributed by atoms with van der Waals surface area (Å²) in [5.41, 5.74) is 6.45. The minimum Gasteiger partial charge on any atom is -0.363 e. The highest BCUT2D eigenvalue weighted by atomic mass is 79.9. The van der Waals surface area contributed by atoms with E-state index in [1.807, 2.05) is 30.3 Å². The lowest BCUT2D eigenvalue weighted by Gasteiger charge is -2.52. The van der Waals surface area contributed by atoms with Crippen LogP contribution in [0.15, 0.2) is 138 Å². The van der Waals surface area contributed by atoms with Gasteiger partial charge in [0.2, 0.25) is 0 Å². The van der Waals surface area contributed by atoms with Crippen molar-refractivity contribution in [3.63, 3.8) is 0 Å². The van der Waals surface area contributed by atoms with E-state index in [1.165, 1.54) is 22.0 Å². The maximum Gasteiger partial charge on any atom is 0.173 e. The average Bonchev–Trinajstić information content (AvgIpc) is 3.19. The van der Waals surface area contributed by atoms with Crippen LogP contribution in [0.5, 0.6) is 0 Å². The second-order valence-corrected chi connectivity index (χ2v) is 12.8. The Bertz CT molecular complexity index is 1890. The molecule has 5 aromatic carbocycles. The van der Waals surface area contributed by atoms with E-state index in [2.05, 4.69) is 145 Å². The first-order chi connectivity index (χ1) is 20.3. The molecule has 0 amide bonds. The molecule has 0 fully saturated rings. The lowest BCUT2D eigenvalue weighted by molar-refractivity contribution is 0.0885. The Morgan fingerprint density at radius 3 is 2.10 bits per heavy atom. The highest BCUT2D eigenvalue weighted by molar-refractivity contribution is 9.10. The normalized spacial score (nSPS) is 20.8. The van der Waals surface area contributed by atoms with Gasteiger partial charge in [-0.05, 0) is 57.5 Å². The summed E-state index contributed by atoms with van der Waals surface area (Å²) in [5, 5.41) is 2.41. The number of rotatable bonds is 4. The third-order valence-corrected chi connectivity index (χ3v) is 10.0. The molecule has 5 aromatic rings. The summed E-state index contributed by atoms with van der Waals surface area (Å²) in [6, 6.07) is 41.9. The van der Waals surface area contributed by atoms with Gasteiger partial charge in [0.15, 0.2) is 5.78 Å². The first-order valence-corrected chi connectivity index (χ1v) is 15.2. The van der Waals surface area contributed by atoms with Crippen molar-refractivity contribution in [3.05, 3.63) is 160 Å². The van der Waals surface area contributed by atoms with Gasteiger partial charge in [-0.3, -0.25) is 4.79 Å². The number of carbonyl (C=O) groups excluding carboxylic acids is 1. The minimum absolute atomic E-state index is 0.130. The molecule has 3 heteroatoms. The molecule has 42 heavy (non-hydrogen) atoms. The van der Waals surface area contributed by atoms with Gasteiger partial charge >= 0.3 is 0 Å². The van der Waals surface area contributed by atoms with E-state index in [-0.39, 0.29) is 5.78 Å². The molecule has 0 aromatic heterocycles. The second-order valence-electron chi connectivity index (χ2n) is 11.9. The molecule has 0 bridgehead atoms. The van der Waals surface area contributed by atoms with Crippen LogP contribution in [-0.4, -0.2) is 18.4 Å². The van der Waals surface area contributed by atoms with Gasteiger partial charge in [-0.1, -0.05) is 139 Å². The van der Waals surface area contributed by atoms with Crippen LogP contribution in [0.4, 0.5) is 5.69 Å². The summed E-state index contributed by atoms with van der Waals surface area (Å²) >= 11 is 3.62. The molecule has 7 rings (SSSR count). The molecule has 1 aliphatic carbocycles.